The summed E-state index contributed by atoms with van der Waals surface area (Å²) in [5, 5.41) is 5.29. The van der Waals surface area contributed by atoms with Gasteiger partial charge in [0.15, 0.2) is 5.65 Å². The normalized spacial score (nSPS) is 11.3. The number of hydrogen-bond donors (Lipinski definition) is 1. The molecular formula is C21H27N5O. The molecule has 0 saturated carbocycles. The summed E-state index contributed by atoms with van der Waals surface area (Å²) in [6.45, 7) is 7.59. The van der Waals surface area contributed by atoms with Crippen molar-refractivity contribution in [1.29, 1.82) is 0 Å². The Bertz CT molecular complexity index is 917. The molecular weight excluding hydrogens is 338 g/mol. The molecule has 2 heterocycles. The monoisotopic (exact) mass is 365 g/mol. The molecule has 3 rings (SSSR count). The third kappa shape index (κ3) is 4.17. The molecule has 0 unspecified atom stereocenters. The number of benzene rings is 1. The van der Waals surface area contributed by atoms with Gasteiger partial charge in [-0.1, -0.05) is 30.3 Å². The SMILES string of the molecule is Cc1nc2c(cnn2C(C)C)cc1C(=O)N(CCN)CCc1ccccc1. The highest BCUT2D eigenvalue weighted by Gasteiger charge is 2.20. The Labute approximate surface area is 160 Å². The zero-order valence-electron chi connectivity index (χ0n) is 16.2. The fourth-order valence-electron chi connectivity index (χ4n) is 3.21. The van der Waals surface area contributed by atoms with E-state index in [1.165, 1.54) is 5.56 Å². The van der Waals surface area contributed by atoms with Crippen LogP contribution in [0.5, 0.6) is 0 Å². The van der Waals surface area contributed by atoms with Gasteiger partial charge in [-0.2, -0.15) is 5.10 Å². The fourth-order valence-corrected chi connectivity index (χ4v) is 3.21. The molecule has 0 saturated heterocycles. The van der Waals surface area contributed by atoms with E-state index in [1.807, 2.05) is 40.8 Å². The summed E-state index contributed by atoms with van der Waals surface area (Å²) in [7, 11) is 0. The maximum atomic E-state index is 13.2. The van der Waals surface area contributed by atoms with Crippen LogP contribution >= 0.6 is 0 Å². The number of nitrogens with two attached hydrogens (primary N) is 1. The number of hydrogen-bond acceptors (Lipinski definition) is 4. The van der Waals surface area contributed by atoms with Crippen LogP contribution in [0.4, 0.5) is 0 Å². The van der Waals surface area contributed by atoms with Gasteiger partial charge in [-0.25, -0.2) is 9.67 Å². The molecule has 0 aliphatic rings. The lowest BCUT2D eigenvalue weighted by molar-refractivity contribution is 0.0761. The zero-order valence-corrected chi connectivity index (χ0v) is 16.2. The summed E-state index contributed by atoms with van der Waals surface area (Å²) in [6, 6.07) is 12.3. The molecule has 0 bridgehead atoms. The highest BCUT2D eigenvalue weighted by Crippen LogP contribution is 2.20. The summed E-state index contributed by atoms with van der Waals surface area (Å²) >= 11 is 0. The molecule has 1 amide bonds. The van der Waals surface area contributed by atoms with Crippen molar-refractivity contribution in [3.05, 3.63) is 59.4 Å². The molecule has 2 aromatic heterocycles. The molecule has 0 atom stereocenters. The molecule has 2 N–H and O–H groups in total. The van der Waals surface area contributed by atoms with Crippen molar-refractivity contribution < 1.29 is 4.79 Å². The van der Waals surface area contributed by atoms with Crippen LogP contribution in [0.2, 0.25) is 0 Å². The lowest BCUT2D eigenvalue weighted by atomic mass is 10.1. The standard InChI is InChI=1S/C21H27N5O/c1-15(2)26-20-18(14-23-26)13-19(16(3)24-20)21(27)25(12-10-22)11-9-17-7-5-4-6-8-17/h4-8,13-15H,9-12,22H2,1-3H3. The van der Waals surface area contributed by atoms with Gasteiger partial charge in [-0.15, -0.1) is 0 Å². The molecule has 27 heavy (non-hydrogen) atoms. The highest BCUT2D eigenvalue weighted by atomic mass is 16.2. The largest absolute Gasteiger partial charge is 0.337 e. The van der Waals surface area contributed by atoms with Crippen molar-refractivity contribution in [3.8, 4) is 0 Å². The zero-order chi connectivity index (χ0) is 19.4. The molecule has 0 aliphatic heterocycles. The smallest absolute Gasteiger partial charge is 0.255 e. The highest BCUT2D eigenvalue weighted by molar-refractivity contribution is 5.98. The second-order valence-electron chi connectivity index (χ2n) is 7.03. The molecule has 6 heteroatoms. The van der Waals surface area contributed by atoms with E-state index < -0.39 is 0 Å². The van der Waals surface area contributed by atoms with Crippen molar-refractivity contribution in [3.63, 3.8) is 0 Å². The van der Waals surface area contributed by atoms with Crippen LogP contribution in [-0.2, 0) is 6.42 Å². The third-order valence-corrected chi connectivity index (χ3v) is 4.68. The number of carbonyl (C=O) groups is 1. The second-order valence-corrected chi connectivity index (χ2v) is 7.03. The van der Waals surface area contributed by atoms with E-state index in [4.69, 9.17) is 5.73 Å². The van der Waals surface area contributed by atoms with Crippen LogP contribution in [0.25, 0.3) is 11.0 Å². The third-order valence-electron chi connectivity index (χ3n) is 4.68. The fraction of sp³-hybridized carbons (Fsp3) is 0.381. The Balaban J connectivity index is 1.85. The second kappa shape index (κ2) is 8.31. The van der Waals surface area contributed by atoms with Crippen LogP contribution in [0.3, 0.4) is 0 Å². The van der Waals surface area contributed by atoms with Gasteiger partial charge >= 0.3 is 0 Å². The van der Waals surface area contributed by atoms with Gasteiger partial charge in [0.1, 0.15) is 0 Å². The maximum Gasteiger partial charge on any atom is 0.255 e. The Hall–Kier alpha value is -2.73. The van der Waals surface area contributed by atoms with E-state index >= 15 is 0 Å². The van der Waals surface area contributed by atoms with Gasteiger partial charge in [0.2, 0.25) is 0 Å². The van der Waals surface area contributed by atoms with Crippen LogP contribution < -0.4 is 5.73 Å². The number of fused-ring (bicyclic) bond motifs is 1. The predicted molar refractivity (Wildman–Crippen MR) is 108 cm³/mol. The number of pyridine rings is 1. The lowest BCUT2D eigenvalue weighted by Gasteiger charge is -2.23. The molecule has 0 radical (unpaired) electrons. The van der Waals surface area contributed by atoms with Gasteiger partial charge in [-0.3, -0.25) is 4.79 Å². The van der Waals surface area contributed by atoms with Crippen molar-refractivity contribution in [1.82, 2.24) is 19.7 Å². The first-order chi connectivity index (χ1) is 13.0. The molecule has 0 spiro atoms. The van der Waals surface area contributed by atoms with E-state index in [9.17, 15) is 4.79 Å². The summed E-state index contributed by atoms with van der Waals surface area (Å²) in [4.78, 5) is 19.6. The van der Waals surface area contributed by atoms with Gasteiger partial charge in [0.25, 0.3) is 5.91 Å². The topological polar surface area (TPSA) is 77.0 Å². The number of aryl methyl sites for hydroxylation is 1. The van der Waals surface area contributed by atoms with Crippen molar-refractivity contribution in [2.24, 2.45) is 5.73 Å². The summed E-state index contributed by atoms with van der Waals surface area (Å²) in [5.74, 6) is -0.0272. The van der Waals surface area contributed by atoms with Crippen molar-refractivity contribution >= 4 is 16.9 Å². The molecule has 0 fully saturated rings. The Morgan fingerprint density at radius 2 is 1.96 bits per heavy atom. The summed E-state index contributed by atoms with van der Waals surface area (Å²) in [6.07, 6.45) is 2.57. The molecule has 6 nitrogen and oxygen atoms in total. The van der Waals surface area contributed by atoms with E-state index in [0.29, 0.717) is 25.2 Å². The summed E-state index contributed by atoms with van der Waals surface area (Å²) < 4.78 is 1.88. The minimum atomic E-state index is -0.0272. The van der Waals surface area contributed by atoms with Crippen LogP contribution in [-0.4, -0.2) is 45.2 Å². The average molecular weight is 365 g/mol. The van der Waals surface area contributed by atoms with E-state index in [0.717, 1.165) is 23.1 Å². The van der Waals surface area contributed by atoms with Crippen LogP contribution in [0.15, 0.2) is 42.6 Å². The van der Waals surface area contributed by atoms with Crippen molar-refractivity contribution in [2.75, 3.05) is 19.6 Å². The Kier molecular flexibility index (Phi) is 5.86. The number of amides is 1. The van der Waals surface area contributed by atoms with Gasteiger partial charge < -0.3 is 10.6 Å². The molecule has 142 valence electrons. The average Bonchev–Trinajstić information content (AvgIpc) is 3.07. The minimum Gasteiger partial charge on any atom is -0.337 e. The number of carbonyl (C=O) groups excluding carboxylic acids is 1. The van der Waals surface area contributed by atoms with Gasteiger partial charge in [0, 0.05) is 31.1 Å². The van der Waals surface area contributed by atoms with Gasteiger partial charge in [0.05, 0.1) is 17.5 Å². The molecule has 0 aliphatic carbocycles. The Morgan fingerprint density at radius 1 is 1.22 bits per heavy atom. The number of aromatic nitrogens is 3. The van der Waals surface area contributed by atoms with Crippen LogP contribution in [0.1, 0.15) is 41.5 Å². The Morgan fingerprint density at radius 3 is 2.63 bits per heavy atom. The number of rotatable bonds is 7. The van der Waals surface area contributed by atoms with Crippen molar-refractivity contribution in [2.45, 2.75) is 33.2 Å². The van der Waals surface area contributed by atoms with E-state index in [2.05, 4.69) is 36.1 Å². The summed E-state index contributed by atoms with van der Waals surface area (Å²) in [5.41, 5.74) is 9.11. The van der Waals surface area contributed by atoms with E-state index in [1.54, 1.807) is 6.20 Å². The first-order valence-electron chi connectivity index (χ1n) is 9.39. The molecule has 1 aromatic carbocycles. The van der Waals surface area contributed by atoms with Gasteiger partial charge in [-0.05, 0) is 38.8 Å². The first-order valence-corrected chi connectivity index (χ1v) is 9.39. The molecule has 3 aromatic rings. The predicted octanol–water partition coefficient (Wildman–Crippen LogP) is 2.96. The maximum absolute atomic E-state index is 13.2. The minimum absolute atomic E-state index is 0.0272. The number of nitrogens with zero attached hydrogens (tertiary/aromatic N) is 4. The van der Waals surface area contributed by atoms with Crippen LogP contribution in [0, 0.1) is 6.92 Å². The lowest BCUT2D eigenvalue weighted by Crippen LogP contribution is -2.37. The quantitative estimate of drug-likeness (QED) is 0.698. The first kappa shape index (κ1) is 19.0. The van der Waals surface area contributed by atoms with E-state index in [-0.39, 0.29) is 11.9 Å².